The highest BCUT2D eigenvalue weighted by Crippen LogP contribution is 2.39. The van der Waals surface area contributed by atoms with Crippen LogP contribution in [0.25, 0.3) is 0 Å². The number of hydrogen-bond acceptors (Lipinski definition) is 2. The average Bonchev–Trinajstić information content (AvgIpc) is 2.39. The van der Waals surface area contributed by atoms with Crippen molar-refractivity contribution in [2.75, 3.05) is 11.9 Å². The molecular formula is C15H22BrFN2. The lowest BCUT2D eigenvalue weighted by molar-refractivity contribution is 0.168. The van der Waals surface area contributed by atoms with E-state index in [4.69, 9.17) is 5.73 Å². The van der Waals surface area contributed by atoms with Gasteiger partial charge in [0.2, 0.25) is 0 Å². The van der Waals surface area contributed by atoms with E-state index in [0.717, 1.165) is 12.1 Å². The number of nitrogens with one attached hydrogen (secondary N) is 1. The largest absolute Gasteiger partial charge is 0.378 e. The predicted molar refractivity (Wildman–Crippen MR) is 81.7 cm³/mol. The number of rotatable bonds is 3. The maximum absolute atomic E-state index is 13.3. The molecule has 1 saturated carbocycles. The van der Waals surface area contributed by atoms with Crippen molar-refractivity contribution in [1.82, 2.24) is 0 Å². The number of benzene rings is 1. The molecule has 1 fully saturated rings. The molecule has 2 rings (SSSR count). The highest BCUT2D eigenvalue weighted by molar-refractivity contribution is 9.10. The van der Waals surface area contributed by atoms with E-state index >= 15 is 0 Å². The SMILES string of the molecule is CC1CCCC(CN)(Nc2ccc(F)c(Br)c2)C1C. The first-order chi connectivity index (χ1) is 8.98. The Morgan fingerprint density at radius 3 is 2.84 bits per heavy atom. The zero-order chi connectivity index (χ0) is 14.0. The lowest BCUT2D eigenvalue weighted by atomic mass is 9.68. The maximum Gasteiger partial charge on any atom is 0.137 e. The van der Waals surface area contributed by atoms with Gasteiger partial charge in [0.15, 0.2) is 0 Å². The lowest BCUT2D eigenvalue weighted by Crippen LogP contribution is -2.54. The Kier molecular flexibility index (Phi) is 4.51. The Balaban J connectivity index is 2.24. The summed E-state index contributed by atoms with van der Waals surface area (Å²) in [5.74, 6) is 0.932. The molecule has 3 N–H and O–H groups in total. The first-order valence-electron chi connectivity index (χ1n) is 6.92. The molecule has 2 nitrogen and oxygen atoms in total. The Morgan fingerprint density at radius 1 is 1.47 bits per heavy atom. The first-order valence-corrected chi connectivity index (χ1v) is 7.71. The highest BCUT2D eigenvalue weighted by atomic mass is 79.9. The second-order valence-corrected chi connectivity index (χ2v) is 6.63. The molecule has 3 unspecified atom stereocenters. The molecule has 19 heavy (non-hydrogen) atoms. The molecule has 0 radical (unpaired) electrons. The molecule has 0 heterocycles. The van der Waals surface area contributed by atoms with Crippen molar-refractivity contribution in [2.24, 2.45) is 17.6 Å². The third kappa shape index (κ3) is 2.95. The molecule has 0 aliphatic heterocycles. The summed E-state index contributed by atoms with van der Waals surface area (Å²) in [5.41, 5.74) is 6.91. The summed E-state index contributed by atoms with van der Waals surface area (Å²) >= 11 is 3.23. The lowest BCUT2D eigenvalue weighted by Gasteiger charge is -2.46. The maximum atomic E-state index is 13.3. The zero-order valence-corrected chi connectivity index (χ0v) is 13.1. The second kappa shape index (κ2) is 5.80. The molecule has 0 bridgehead atoms. The third-order valence-corrected chi connectivity index (χ3v) is 5.29. The molecule has 0 amide bonds. The summed E-state index contributed by atoms with van der Waals surface area (Å²) < 4.78 is 13.8. The van der Waals surface area contributed by atoms with Gasteiger partial charge in [-0.2, -0.15) is 0 Å². The van der Waals surface area contributed by atoms with E-state index in [1.54, 1.807) is 12.1 Å². The van der Waals surface area contributed by atoms with E-state index < -0.39 is 0 Å². The summed E-state index contributed by atoms with van der Waals surface area (Å²) in [5, 5.41) is 3.57. The van der Waals surface area contributed by atoms with E-state index in [0.29, 0.717) is 22.9 Å². The van der Waals surface area contributed by atoms with Crippen LogP contribution in [0.3, 0.4) is 0 Å². The molecule has 0 spiro atoms. The van der Waals surface area contributed by atoms with E-state index in [2.05, 4.69) is 35.1 Å². The van der Waals surface area contributed by atoms with E-state index in [1.165, 1.54) is 18.9 Å². The molecule has 1 aliphatic rings. The number of nitrogens with two attached hydrogens (primary N) is 1. The van der Waals surface area contributed by atoms with Crippen molar-refractivity contribution >= 4 is 21.6 Å². The quantitative estimate of drug-likeness (QED) is 0.874. The van der Waals surface area contributed by atoms with Gasteiger partial charge in [-0.05, 0) is 52.4 Å². The van der Waals surface area contributed by atoms with Crippen LogP contribution < -0.4 is 11.1 Å². The summed E-state index contributed by atoms with van der Waals surface area (Å²) in [6.07, 6.45) is 3.53. The van der Waals surface area contributed by atoms with Gasteiger partial charge in [-0.1, -0.05) is 26.7 Å². The molecule has 4 heteroatoms. The number of hydrogen-bond donors (Lipinski definition) is 2. The van der Waals surface area contributed by atoms with Gasteiger partial charge in [0.25, 0.3) is 0 Å². The summed E-state index contributed by atoms with van der Waals surface area (Å²) in [6.45, 7) is 5.16. The average molecular weight is 329 g/mol. The first kappa shape index (κ1) is 14.8. The second-order valence-electron chi connectivity index (χ2n) is 5.77. The molecule has 1 aliphatic carbocycles. The normalized spacial score (nSPS) is 31.2. The Bertz CT molecular complexity index is 452. The van der Waals surface area contributed by atoms with Crippen molar-refractivity contribution in [2.45, 2.75) is 38.6 Å². The fourth-order valence-corrected chi connectivity index (χ4v) is 3.52. The smallest absolute Gasteiger partial charge is 0.137 e. The van der Waals surface area contributed by atoms with Gasteiger partial charge in [0.1, 0.15) is 5.82 Å². The number of anilines is 1. The predicted octanol–water partition coefficient (Wildman–Crippen LogP) is 4.15. The van der Waals surface area contributed by atoms with Gasteiger partial charge in [-0.3, -0.25) is 0 Å². The molecule has 1 aromatic rings. The van der Waals surface area contributed by atoms with Crippen LogP contribution in [0, 0.1) is 17.7 Å². The van der Waals surface area contributed by atoms with Gasteiger partial charge in [-0.25, -0.2) is 4.39 Å². The van der Waals surface area contributed by atoms with Crippen LogP contribution >= 0.6 is 15.9 Å². The third-order valence-electron chi connectivity index (χ3n) is 4.68. The van der Waals surface area contributed by atoms with Crippen LogP contribution in [-0.4, -0.2) is 12.1 Å². The van der Waals surface area contributed by atoms with Crippen LogP contribution in [0.15, 0.2) is 22.7 Å². The van der Waals surface area contributed by atoms with Crippen molar-refractivity contribution in [1.29, 1.82) is 0 Å². The van der Waals surface area contributed by atoms with Gasteiger partial charge in [-0.15, -0.1) is 0 Å². The Hall–Kier alpha value is -0.610. The molecule has 1 aromatic carbocycles. The molecule has 0 aromatic heterocycles. The van der Waals surface area contributed by atoms with Crippen molar-refractivity contribution in [3.05, 3.63) is 28.5 Å². The van der Waals surface area contributed by atoms with E-state index in [9.17, 15) is 4.39 Å². The fourth-order valence-electron chi connectivity index (χ4n) is 3.14. The summed E-state index contributed by atoms with van der Waals surface area (Å²) in [6, 6.07) is 5.05. The van der Waals surface area contributed by atoms with Gasteiger partial charge in [0, 0.05) is 12.2 Å². The minimum atomic E-state index is -0.239. The van der Waals surface area contributed by atoms with Crippen LogP contribution in [-0.2, 0) is 0 Å². The van der Waals surface area contributed by atoms with E-state index in [1.807, 2.05) is 0 Å². The van der Waals surface area contributed by atoms with Crippen molar-refractivity contribution < 1.29 is 4.39 Å². The topological polar surface area (TPSA) is 38.0 Å². The van der Waals surface area contributed by atoms with E-state index in [-0.39, 0.29) is 11.4 Å². The van der Waals surface area contributed by atoms with Gasteiger partial charge in [0.05, 0.1) is 10.0 Å². The Morgan fingerprint density at radius 2 is 2.21 bits per heavy atom. The van der Waals surface area contributed by atoms with Crippen LogP contribution in [0.5, 0.6) is 0 Å². The van der Waals surface area contributed by atoms with Gasteiger partial charge < -0.3 is 11.1 Å². The van der Waals surface area contributed by atoms with Crippen LogP contribution in [0.1, 0.15) is 33.1 Å². The number of halogens is 2. The van der Waals surface area contributed by atoms with Crippen LogP contribution in [0.2, 0.25) is 0 Å². The van der Waals surface area contributed by atoms with Crippen molar-refractivity contribution in [3.63, 3.8) is 0 Å². The minimum Gasteiger partial charge on any atom is -0.378 e. The fraction of sp³-hybridized carbons (Fsp3) is 0.600. The molecular weight excluding hydrogens is 307 g/mol. The molecule has 106 valence electrons. The van der Waals surface area contributed by atoms with Gasteiger partial charge >= 0.3 is 0 Å². The van der Waals surface area contributed by atoms with Crippen molar-refractivity contribution in [3.8, 4) is 0 Å². The minimum absolute atomic E-state index is 0.0745. The monoisotopic (exact) mass is 328 g/mol. The molecule has 0 saturated heterocycles. The summed E-state index contributed by atoms with van der Waals surface area (Å²) in [4.78, 5) is 0. The van der Waals surface area contributed by atoms with Crippen LogP contribution in [0.4, 0.5) is 10.1 Å². The standard InChI is InChI=1S/C15H22BrFN2/c1-10-4-3-7-15(9-18,11(10)2)19-12-5-6-14(17)13(16)8-12/h5-6,8,10-11,19H,3-4,7,9,18H2,1-2H3. The zero-order valence-electron chi connectivity index (χ0n) is 11.5. The highest BCUT2D eigenvalue weighted by Gasteiger charge is 2.40. The summed E-state index contributed by atoms with van der Waals surface area (Å²) in [7, 11) is 0. The Labute approximate surface area is 123 Å². The molecule has 3 atom stereocenters.